The van der Waals surface area contributed by atoms with Gasteiger partial charge in [-0.15, -0.1) is 0 Å². The van der Waals surface area contributed by atoms with Crippen LogP contribution in [0.25, 0.3) is 24.3 Å². The van der Waals surface area contributed by atoms with E-state index in [4.69, 9.17) is 0 Å². The summed E-state index contributed by atoms with van der Waals surface area (Å²) in [5, 5.41) is 10.7. The Labute approximate surface area is 289 Å². The van der Waals surface area contributed by atoms with Crippen molar-refractivity contribution in [3.05, 3.63) is 100 Å². The van der Waals surface area contributed by atoms with E-state index in [2.05, 4.69) is 86.7 Å². The normalized spacial score (nSPS) is 11.7. The third-order valence-corrected chi connectivity index (χ3v) is 9.61. The minimum Gasteiger partial charge on any atom is -0.507 e. The van der Waals surface area contributed by atoms with Crippen LogP contribution < -0.4 is 0 Å². The average molecular weight is 635 g/mol. The summed E-state index contributed by atoms with van der Waals surface area (Å²) in [5.41, 5.74) is 7.07. The third-order valence-electron chi connectivity index (χ3n) is 9.61. The van der Waals surface area contributed by atoms with Gasteiger partial charge in [-0.05, 0) is 59.6 Å². The van der Waals surface area contributed by atoms with Gasteiger partial charge >= 0.3 is 0 Å². The Morgan fingerprint density at radius 1 is 0.404 bits per heavy atom. The van der Waals surface area contributed by atoms with Crippen LogP contribution in [0.15, 0.2) is 66.7 Å². The predicted octanol–water partition coefficient (Wildman–Crippen LogP) is 14.7. The first-order chi connectivity index (χ1) is 23.2. The maximum Gasteiger partial charge on any atom is 0.123 e. The number of benzene rings is 3. The Bertz CT molecular complexity index is 1250. The maximum atomic E-state index is 10.7. The molecule has 47 heavy (non-hydrogen) atoms. The van der Waals surface area contributed by atoms with Crippen molar-refractivity contribution in [2.75, 3.05) is 0 Å². The van der Waals surface area contributed by atoms with Gasteiger partial charge in [-0.2, -0.15) is 0 Å². The van der Waals surface area contributed by atoms with E-state index in [1.807, 2.05) is 12.1 Å². The number of rotatable bonds is 26. The van der Waals surface area contributed by atoms with Crippen LogP contribution >= 0.6 is 0 Å². The summed E-state index contributed by atoms with van der Waals surface area (Å²) in [6.07, 6.45) is 38.3. The minimum absolute atomic E-state index is 0.313. The fourth-order valence-electron chi connectivity index (χ4n) is 6.49. The molecule has 0 unspecified atom stereocenters. The van der Waals surface area contributed by atoms with Crippen molar-refractivity contribution in [2.24, 2.45) is 0 Å². The van der Waals surface area contributed by atoms with Crippen molar-refractivity contribution in [2.45, 2.75) is 155 Å². The number of aryl methyl sites for hydroxylation is 2. The summed E-state index contributed by atoms with van der Waals surface area (Å²) >= 11 is 0. The molecular weight excluding hydrogens is 569 g/mol. The Balaban J connectivity index is 1.39. The zero-order valence-electron chi connectivity index (χ0n) is 30.2. The lowest BCUT2D eigenvalue weighted by atomic mass is 10.0. The smallest absolute Gasteiger partial charge is 0.123 e. The molecule has 0 bridgehead atoms. The van der Waals surface area contributed by atoms with Crippen LogP contribution in [0.1, 0.15) is 176 Å². The lowest BCUT2D eigenvalue weighted by Crippen LogP contribution is -1.87. The first-order valence-corrected chi connectivity index (χ1v) is 19.6. The van der Waals surface area contributed by atoms with E-state index >= 15 is 0 Å². The summed E-state index contributed by atoms with van der Waals surface area (Å²) in [4.78, 5) is 0. The van der Waals surface area contributed by atoms with Gasteiger partial charge in [0.05, 0.1) is 0 Å². The molecule has 0 fully saturated rings. The van der Waals surface area contributed by atoms with Crippen LogP contribution in [0.4, 0.5) is 0 Å². The van der Waals surface area contributed by atoms with Gasteiger partial charge in [0.2, 0.25) is 0 Å². The zero-order valence-corrected chi connectivity index (χ0v) is 30.2. The number of hydrogen-bond acceptors (Lipinski definition) is 1. The molecule has 0 heterocycles. The number of hydrogen-bond donors (Lipinski definition) is 1. The summed E-state index contributed by atoms with van der Waals surface area (Å²) in [7, 11) is 0. The molecule has 0 aromatic heterocycles. The van der Waals surface area contributed by atoms with Crippen LogP contribution in [0.5, 0.6) is 5.75 Å². The van der Waals surface area contributed by atoms with E-state index < -0.39 is 0 Å². The molecule has 3 rings (SSSR count). The highest BCUT2D eigenvalue weighted by Gasteiger charge is 2.03. The molecule has 3 aromatic rings. The molecule has 1 nitrogen and oxygen atoms in total. The summed E-state index contributed by atoms with van der Waals surface area (Å²) in [5.74, 6) is 0.313. The van der Waals surface area contributed by atoms with Gasteiger partial charge in [-0.3, -0.25) is 0 Å². The van der Waals surface area contributed by atoms with Crippen molar-refractivity contribution in [3.8, 4) is 5.75 Å². The zero-order chi connectivity index (χ0) is 33.2. The number of aromatic hydroxyl groups is 1. The predicted molar refractivity (Wildman–Crippen MR) is 210 cm³/mol. The molecule has 0 aliphatic carbocycles. The van der Waals surface area contributed by atoms with E-state index in [1.54, 1.807) is 6.07 Å². The number of phenols is 1. The SMILES string of the molecule is CCCCCCCCCCCCc1ccc(C=Cc2cccc(O)c2C=Cc2ccc(CCCCCCCCCCCC)cc2)cc1. The standard InChI is InChI=1S/C46H66O/c1-3-5-7-9-11-13-15-17-19-21-24-40-28-32-42(33-29-40)36-38-44-26-23-27-46(47)45(44)39-37-43-34-30-41(31-35-43)25-22-20-18-16-14-12-10-8-6-4-2/h23,26-39,47H,3-22,24-25H2,1-2H3. The molecule has 3 aromatic carbocycles. The molecule has 0 spiro atoms. The minimum atomic E-state index is 0.313. The Morgan fingerprint density at radius 3 is 1.21 bits per heavy atom. The molecule has 0 aliphatic rings. The van der Waals surface area contributed by atoms with Gasteiger partial charge in [-0.25, -0.2) is 0 Å². The van der Waals surface area contributed by atoms with Crippen molar-refractivity contribution in [1.29, 1.82) is 0 Å². The highest BCUT2D eigenvalue weighted by Crippen LogP contribution is 2.26. The van der Waals surface area contributed by atoms with Crippen LogP contribution in [-0.2, 0) is 12.8 Å². The van der Waals surface area contributed by atoms with Crippen LogP contribution in [0.2, 0.25) is 0 Å². The van der Waals surface area contributed by atoms with Crippen molar-refractivity contribution < 1.29 is 5.11 Å². The summed E-state index contributed by atoms with van der Waals surface area (Å²) in [6, 6.07) is 23.7. The van der Waals surface area contributed by atoms with Crippen LogP contribution in [-0.4, -0.2) is 5.11 Å². The maximum absolute atomic E-state index is 10.7. The van der Waals surface area contributed by atoms with Crippen molar-refractivity contribution >= 4 is 24.3 Å². The summed E-state index contributed by atoms with van der Waals surface area (Å²) < 4.78 is 0. The fraction of sp³-hybridized carbons (Fsp3) is 0.522. The molecule has 0 atom stereocenters. The third kappa shape index (κ3) is 17.1. The number of unbranched alkanes of at least 4 members (excludes halogenated alkanes) is 18. The highest BCUT2D eigenvalue weighted by molar-refractivity contribution is 5.81. The van der Waals surface area contributed by atoms with Gasteiger partial charge in [0.15, 0.2) is 0 Å². The molecule has 256 valence electrons. The second-order valence-electron chi connectivity index (χ2n) is 13.8. The monoisotopic (exact) mass is 635 g/mol. The van der Waals surface area contributed by atoms with E-state index in [1.165, 1.54) is 152 Å². The van der Waals surface area contributed by atoms with E-state index in [0.29, 0.717) is 5.75 Å². The quantitative estimate of drug-likeness (QED) is 0.0688. The first kappa shape index (κ1) is 38.4. The van der Waals surface area contributed by atoms with Gasteiger partial charge in [0, 0.05) is 5.56 Å². The summed E-state index contributed by atoms with van der Waals surface area (Å²) in [6.45, 7) is 4.57. The lowest BCUT2D eigenvalue weighted by molar-refractivity contribution is 0.474. The first-order valence-electron chi connectivity index (χ1n) is 19.6. The van der Waals surface area contributed by atoms with E-state index in [-0.39, 0.29) is 0 Å². The van der Waals surface area contributed by atoms with Gasteiger partial charge in [0.25, 0.3) is 0 Å². The topological polar surface area (TPSA) is 20.2 Å². The van der Waals surface area contributed by atoms with Gasteiger partial charge in [0.1, 0.15) is 5.75 Å². The molecule has 0 saturated carbocycles. The molecular formula is C46H66O. The molecule has 1 heteroatoms. The number of phenolic OH excluding ortho intramolecular Hbond substituents is 1. The van der Waals surface area contributed by atoms with Crippen LogP contribution in [0, 0.1) is 0 Å². The lowest BCUT2D eigenvalue weighted by Gasteiger charge is -2.06. The molecule has 1 N–H and O–H groups in total. The molecule has 0 amide bonds. The van der Waals surface area contributed by atoms with Crippen molar-refractivity contribution in [1.82, 2.24) is 0 Å². The van der Waals surface area contributed by atoms with E-state index in [0.717, 1.165) is 23.1 Å². The fourth-order valence-corrected chi connectivity index (χ4v) is 6.49. The van der Waals surface area contributed by atoms with E-state index in [9.17, 15) is 5.11 Å². The average Bonchev–Trinajstić information content (AvgIpc) is 3.09. The Hall–Kier alpha value is -3.06. The Morgan fingerprint density at radius 2 is 0.787 bits per heavy atom. The second-order valence-corrected chi connectivity index (χ2v) is 13.8. The Kier molecular flexibility index (Phi) is 20.4. The highest BCUT2D eigenvalue weighted by atomic mass is 16.3. The van der Waals surface area contributed by atoms with Crippen molar-refractivity contribution in [3.63, 3.8) is 0 Å². The van der Waals surface area contributed by atoms with Gasteiger partial charge < -0.3 is 5.11 Å². The molecule has 0 saturated heterocycles. The van der Waals surface area contributed by atoms with Crippen LogP contribution in [0.3, 0.4) is 0 Å². The molecule has 0 radical (unpaired) electrons. The second kappa shape index (κ2) is 25.0. The van der Waals surface area contributed by atoms with Gasteiger partial charge in [-0.1, -0.05) is 214 Å². The molecule has 0 aliphatic heterocycles. The largest absolute Gasteiger partial charge is 0.507 e.